The second-order valence-corrected chi connectivity index (χ2v) is 7.91. The van der Waals surface area contributed by atoms with Crippen molar-refractivity contribution in [1.29, 1.82) is 0 Å². The summed E-state index contributed by atoms with van der Waals surface area (Å²) in [6, 6.07) is 9.85. The van der Waals surface area contributed by atoms with E-state index < -0.39 is 0 Å². The van der Waals surface area contributed by atoms with Crippen LogP contribution in [-0.2, 0) is 0 Å². The van der Waals surface area contributed by atoms with E-state index in [4.69, 9.17) is 0 Å². The quantitative estimate of drug-likeness (QED) is 0.710. The van der Waals surface area contributed by atoms with Crippen LogP contribution in [0.2, 0.25) is 0 Å². The molecular weight excluding hydrogens is 254 g/mol. The predicted molar refractivity (Wildman–Crippen MR) is 92.7 cm³/mol. The molecule has 1 heteroatoms. The number of nitrogens with one attached hydrogen (secondary N) is 1. The first-order chi connectivity index (χ1) is 9.91. The van der Waals surface area contributed by atoms with Gasteiger partial charge in [0.15, 0.2) is 0 Å². The summed E-state index contributed by atoms with van der Waals surface area (Å²) < 4.78 is 0. The molecule has 1 aromatic carbocycles. The molecule has 0 aromatic heterocycles. The fraction of sp³-hybridized carbons (Fsp3) is 0.700. The maximum absolute atomic E-state index is 3.70. The van der Waals surface area contributed by atoms with Crippen LogP contribution in [-0.4, -0.2) is 6.54 Å². The fourth-order valence-electron chi connectivity index (χ4n) is 3.06. The molecule has 0 heterocycles. The highest BCUT2D eigenvalue weighted by molar-refractivity contribution is 5.29. The third-order valence-electron chi connectivity index (χ3n) is 5.41. The standard InChI is InChI=1S/C20H33N/c1-6-21-19(13-15(2)20(3,4)5)18-12-8-11-17(14-18)16-9-7-10-16/h8,11-12,14-16,19,21H,6-7,9-10,13H2,1-5H3. The maximum atomic E-state index is 3.70. The summed E-state index contributed by atoms with van der Waals surface area (Å²) in [5.41, 5.74) is 3.42. The van der Waals surface area contributed by atoms with Gasteiger partial charge in [-0.25, -0.2) is 0 Å². The molecule has 2 rings (SSSR count). The molecule has 1 aliphatic rings. The summed E-state index contributed by atoms with van der Waals surface area (Å²) in [4.78, 5) is 0. The Hall–Kier alpha value is -0.820. The molecule has 0 aliphatic heterocycles. The highest BCUT2D eigenvalue weighted by atomic mass is 14.9. The summed E-state index contributed by atoms with van der Waals surface area (Å²) in [6.07, 6.45) is 5.39. The maximum Gasteiger partial charge on any atom is 0.0322 e. The Balaban J connectivity index is 2.13. The second kappa shape index (κ2) is 6.96. The minimum Gasteiger partial charge on any atom is -0.310 e. The molecule has 1 nitrogen and oxygen atoms in total. The van der Waals surface area contributed by atoms with Crippen molar-refractivity contribution in [2.24, 2.45) is 11.3 Å². The summed E-state index contributed by atoms with van der Waals surface area (Å²) in [6.45, 7) is 12.7. The van der Waals surface area contributed by atoms with E-state index in [1.807, 2.05) is 0 Å². The van der Waals surface area contributed by atoms with Gasteiger partial charge >= 0.3 is 0 Å². The monoisotopic (exact) mass is 287 g/mol. The molecular formula is C20H33N. The molecule has 0 saturated heterocycles. The molecule has 1 fully saturated rings. The zero-order chi connectivity index (χ0) is 15.5. The lowest BCUT2D eigenvalue weighted by Crippen LogP contribution is -2.27. The molecule has 1 saturated carbocycles. The van der Waals surface area contributed by atoms with Gasteiger partial charge in [0.25, 0.3) is 0 Å². The van der Waals surface area contributed by atoms with Crippen LogP contribution in [0.15, 0.2) is 24.3 Å². The highest BCUT2D eigenvalue weighted by Crippen LogP contribution is 2.38. The van der Waals surface area contributed by atoms with E-state index in [2.05, 4.69) is 64.2 Å². The lowest BCUT2D eigenvalue weighted by Gasteiger charge is -2.32. The van der Waals surface area contributed by atoms with Crippen LogP contribution in [0, 0.1) is 11.3 Å². The van der Waals surface area contributed by atoms with Crippen LogP contribution < -0.4 is 5.32 Å². The zero-order valence-corrected chi connectivity index (χ0v) is 14.6. The Morgan fingerprint density at radius 1 is 1.24 bits per heavy atom. The largest absolute Gasteiger partial charge is 0.310 e. The molecule has 0 amide bonds. The average Bonchev–Trinajstić information content (AvgIpc) is 2.35. The lowest BCUT2D eigenvalue weighted by atomic mass is 9.76. The van der Waals surface area contributed by atoms with Crippen LogP contribution >= 0.6 is 0 Å². The second-order valence-electron chi connectivity index (χ2n) is 7.91. The summed E-state index contributed by atoms with van der Waals surface area (Å²) in [5.74, 6) is 1.53. The highest BCUT2D eigenvalue weighted by Gasteiger charge is 2.25. The predicted octanol–water partition coefficient (Wildman–Crippen LogP) is 5.68. The van der Waals surface area contributed by atoms with Gasteiger partial charge in [0.2, 0.25) is 0 Å². The van der Waals surface area contributed by atoms with Crippen molar-refractivity contribution in [3.63, 3.8) is 0 Å². The van der Waals surface area contributed by atoms with Gasteiger partial charge < -0.3 is 5.32 Å². The smallest absolute Gasteiger partial charge is 0.0322 e. The van der Waals surface area contributed by atoms with Gasteiger partial charge in [0.1, 0.15) is 0 Å². The fourth-order valence-corrected chi connectivity index (χ4v) is 3.06. The molecule has 118 valence electrons. The van der Waals surface area contributed by atoms with Crippen molar-refractivity contribution < 1.29 is 0 Å². The number of hydrogen-bond acceptors (Lipinski definition) is 1. The van der Waals surface area contributed by atoms with Crippen molar-refractivity contribution in [2.75, 3.05) is 6.54 Å². The number of benzene rings is 1. The van der Waals surface area contributed by atoms with Gasteiger partial charge in [-0.2, -0.15) is 0 Å². The van der Waals surface area contributed by atoms with Gasteiger partial charge in [-0.15, -0.1) is 0 Å². The molecule has 1 aromatic rings. The van der Waals surface area contributed by atoms with E-state index in [-0.39, 0.29) is 0 Å². The van der Waals surface area contributed by atoms with E-state index in [1.54, 1.807) is 5.56 Å². The van der Waals surface area contributed by atoms with Crippen LogP contribution in [0.5, 0.6) is 0 Å². The van der Waals surface area contributed by atoms with Crippen LogP contribution in [0.4, 0.5) is 0 Å². The van der Waals surface area contributed by atoms with Gasteiger partial charge in [-0.05, 0) is 54.2 Å². The Morgan fingerprint density at radius 3 is 2.48 bits per heavy atom. The SMILES string of the molecule is CCNC(CC(C)C(C)(C)C)c1cccc(C2CCC2)c1. The summed E-state index contributed by atoms with van der Waals surface area (Å²) >= 11 is 0. The first-order valence-electron chi connectivity index (χ1n) is 8.75. The van der Waals surface area contributed by atoms with Crippen molar-refractivity contribution >= 4 is 0 Å². The Labute approximate surface area is 131 Å². The molecule has 0 radical (unpaired) electrons. The van der Waals surface area contributed by atoms with Gasteiger partial charge in [0, 0.05) is 6.04 Å². The third kappa shape index (κ3) is 4.32. The van der Waals surface area contributed by atoms with E-state index in [0.29, 0.717) is 17.4 Å². The Morgan fingerprint density at radius 2 is 1.95 bits per heavy atom. The van der Waals surface area contributed by atoms with Crippen molar-refractivity contribution in [1.82, 2.24) is 5.32 Å². The molecule has 1 aliphatic carbocycles. The van der Waals surface area contributed by atoms with E-state index >= 15 is 0 Å². The zero-order valence-electron chi connectivity index (χ0n) is 14.6. The number of rotatable bonds is 6. The Kier molecular flexibility index (Phi) is 5.48. The van der Waals surface area contributed by atoms with Crippen LogP contribution in [0.1, 0.15) is 83.4 Å². The van der Waals surface area contributed by atoms with Crippen LogP contribution in [0.25, 0.3) is 0 Å². The van der Waals surface area contributed by atoms with Gasteiger partial charge in [0.05, 0.1) is 0 Å². The molecule has 2 unspecified atom stereocenters. The van der Waals surface area contributed by atoms with E-state index in [0.717, 1.165) is 12.5 Å². The summed E-state index contributed by atoms with van der Waals surface area (Å²) in [5, 5.41) is 3.70. The van der Waals surface area contributed by atoms with Crippen molar-refractivity contribution in [3.8, 4) is 0 Å². The third-order valence-corrected chi connectivity index (χ3v) is 5.41. The molecule has 1 N–H and O–H groups in total. The van der Waals surface area contributed by atoms with Gasteiger partial charge in [-0.3, -0.25) is 0 Å². The van der Waals surface area contributed by atoms with Gasteiger partial charge in [-0.1, -0.05) is 65.3 Å². The molecule has 0 spiro atoms. The minimum absolute atomic E-state index is 0.374. The van der Waals surface area contributed by atoms with Crippen LogP contribution in [0.3, 0.4) is 0 Å². The molecule has 0 bridgehead atoms. The summed E-state index contributed by atoms with van der Waals surface area (Å²) in [7, 11) is 0. The first kappa shape index (κ1) is 16.5. The normalized spacial score (nSPS) is 19.1. The average molecular weight is 287 g/mol. The van der Waals surface area contributed by atoms with E-state index in [9.17, 15) is 0 Å². The topological polar surface area (TPSA) is 12.0 Å². The molecule has 2 atom stereocenters. The first-order valence-corrected chi connectivity index (χ1v) is 8.75. The number of hydrogen-bond donors (Lipinski definition) is 1. The minimum atomic E-state index is 0.374. The lowest BCUT2D eigenvalue weighted by molar-refractivity contribution is 0.224. The molecule has 21 heavy (non-hydrogen) atoms. The van der Waals surface area contributed by atoms with Crippen molar-refractivity contribution in [3.05, 3.63) is 35.4 Å². The Bertz CT molecular complexity index is 439. The van der Waals surface area contributed by atoms with E-state index in [1.165, 1.54) is 31.2 Å². The van der Waals surface area contributed by atoms with Crippen molar-refractivity contribution in [2.45, 2.75) is 72.3 Å².